The lowest BCUT2D eigenvalue weighted by molar-refractivity contribution is -0.143. The Balaban J connectivity index is 2.32. The van der Waals surface area contributed by atoms with E-state index in [9.17, 15) is 4.79 Å². The van der Waals surface area contributed by atoms with Crippen molar-refractivity contribution in [3.8, 4) is 5.75 Å². The number of ether oxygens (including phenoxy) is 2. The molecule has 0 amide bonds. The van der Waals surface area contributed by atoms with Gasteiger partial charge in [-0.15, -0.1) is 0 Å². The molecule has 0 saturated carbocycles. The van der Waals surface area contributed by atoms with Gasteiger partial charge in [-0.3, -0.25) is 4.79 Å². The van der Waals surface area contributed by atoms with Crippen molar-refractivity contribution in [1.29, 1.82) is 0 Å². The van der Waals surface area contributed by atoms with Gasteiger partial charge in [0.25, 0.3) is 0 Å². The normalized spacial score (nSPS) is 10.8. The average Bonchev–Trinajstić information content (AvgIpc) is 2.50. The Hall–Kier alpha value is -1.07. The van der Waals surface area contributed by atoms with Crippen LogP contribution in [0.3, 0.4) is 0 Å². The number of hydrogen-bond acceptors (Lipinski definition) is 4. The predicted octanol–water partition coefficient (Wildman–Crippen LogP) is 4.45. The van der Waals surface area contributed by atoms with Crippen LogP contribution in [-0.2, 0) is 16.1 Å². The molecule has 0 aliphatic heterocycles. The summed E-state index contributed by atoms with van der Waals surface area (Å²) in [5.74, 6) is 0.815. The number of benzene rings is 1. The van der Waals surface area contributed by atoms with Gasteiger partial charge in [-0.05, 0) is 44.4 Å². The van der Waals surface area contributed by atoms with Gasteiger partial charge in [0.15, 0.2) is 0 Å². The first-order valence-electron chi connectivity index (χ1n) is 8.33. The number of esters is 1. The molecule has 1 N–H and O–H groups in total. The van der Waals surface area contributed by atoms with Gasteiger partial charge in [0, 0.05) is 29.0 Å². The topological polar surface area (TPSA) is 47.6 Å². The highest BCUT2D eigenvalue weighted by molar-refractivity contribution is 9.10. The number of hydrogen-bond donors (Lipinski definition) is 1. The molecule has 0 saturated heterocycles. The van der Waals surface area contributed by atoms with Crippen LogP contribution in [0, 0.1) is 0 Å². The minimum Gasteiger partial charge on any atom is -0.493 e. The van der Waals surface area contributed by atoms with Crippen molar-refractivity contribution < 1.29 is 14.3 Å². The van der Waals surface area contributed by atoms with E-state index < -0.39 is 0 Å². The van der Waals surface area contributed by atoms with Gasteiger partial charge in [0.05, 0.1) is 13.2 Å². The lowest BCUT2D eigenvalue weighted by atomic mass is 10.2. The van der Waals surface area contributed by atoms with Crippen LogP contribution in [0.25, 0.3) is 0 Å². The maximum atomic E-state index is 11.2. The third kappa shape index (κ3) is 8.96. The molecule has 0 bridgehead atoms. The van der Waals surface area contributed by atoms with Gasteiger partial charge in [-0.1, -0.05) is 29.8 Å². The summed E-state index contributed by atoms with van der Waals surface area (Å²) >= 11 is 3.50. The molecule has 1 rings (SSSR count). The van der Waals surface area contributed by atoms with E-state index in [0.29, 0.717) is 25.7 Å². The summed E-state index contributed by atoms with van der Waals surface area (Å²) in [5.41, 5.74) is 1.15. The van der Waals surface area contributed by atoms with E-state index in [1.165, 1.54) is 0 Å². The highest BCUT2D eigenvalue weighted by Gasteiger charge is 2.06. The van der Waals surface area contributed by atoms with E-state index in [1.807, 2.05) is 19.1 Å². The lowest BCUT2D eigenvalue weighted by Gasteiger charge is -2.14. The first-order chi connectivity index (χ1) is 11.0. The first-order valence-corrected chi connectivity index (χ1v) is 9.12. The molecule has 0 spiro atoms. The van der Waals surface area contributed by atoms with Crippen molar-refractivity contribution in [2.45, 2.75) is 59.0 Å². The van der Waals surface area contributed by atoms with Crippen molar-refractivity contribution in [1.82, 2.24) is 5.32 Å². The molecule has 1 aromatic carbocycles. The quantitative estimate of drug-likeness (QED) is 0.451. The summed E-state index contributed by atoms with van der Waals surface area (Å²) in [5, 5.41) is 3.41. The molecule has 0 fully saturated rings. The van der Waals surface area contributed by atoms with Gasteiger partial charge in [-0.25, -0.2) is 0 Å². The van der Waals surface area contributed by atoms with Crippen LogP contribution >= 0.6 is 15.9 Å². The molecule has 1 aromatic rings. The fourth-order valence-corrected chi connectivity index (χ4v) is 2.51. The Morgan fingerprint density at radius 1 is 1.26 bits per heavy atom. The zero-order valence-corrected chi connectivity index (χ0v) is 15.9. The van der Waals surface area contributed by atoms with E-state index in [-0.39, 0.29) is 5.97 Å². The van der Waals surface area contributed by atoms with Crippen LogP contribution in [0.4, 0.5) is 0 Å². The third-order valence-corrected chi connectivity index (χ3v) is 3.80. The Morgan fingerprint density at radius 3 is 2.74 bits per heavy atom. The summed E-state index contributed by atoms with van der Waals surface area (Å²) in [7, 11) is 0. The molecular weight excluding hydrogens is 358 g/mol. The van der Waals surface area contributed by atoms with Crippen molar-refractivity contribution >= 4 is 21.9 Å². The molecule has 5 heteroatoms. The predicted molar refractivity (Wildman–Crippen MR) is 96.7 cm³/mol. The number of halogens is 1. The highest BCUT2D eigenvalue weighted by Crippen LogP contribution is 2.23. The number of nitrogens with one attached hydrogen (secondary N) is 1. The smallest absolute Gasteiger partial charge is 0.305 e. The summed E-state index contributed by atoms with van der Waals surface area (Å²) in [6.45, 7) is 7.99. The molecule has 130 valence electrons. The molecular formula is C18H28BrNO3. The number of carbonyl (C=O) groups is 1. The zero-order chi connectivity index (χ0) is 17.1. The van der Waals surface area contributed by atoms with Crippen molar-refractivity contribution in [2.24, 2.45) is 0 Å². The van der Waals surface area contributed by atoms with E-state index in [1.54, 1.807) is 0 Å². The molecule has 0 radical (unpaired) electrons. The molecule has 0 atom stereocenters. The average molecular weight is 386 g/mol. The van der Waals surface area contributed by atoms with Crippen molar-refractivity contribution in [2.75, 3.05) is 13.2 Å². The van der Waals surface area contributed by atoms with Crippen LogP contribution in [-0.4, -0.2) is 25.2 Å². The molecule has 0 aromatic heterocycles. The van der Waals surface area contributed by atoms with Gasteiger partial charge >= 0.3 is 5.97 Å². The van der Waals surface area contributed by atoms with E-state index in [4.69, 9.17) is 9.47 Å². The summed E-state index contributed by atoms with van der Waals surface area (Å²) in [4.78, 5) is 11.2. The van der Waals surface area contributed by atoms with Crippen molar-refractivity contribution in [3.63, 3.8) is 0 Å². The number of rotatable bonds is 11. The SMILES string of the molecule is CCOC(=O)CCCCCOc1ccc(Br)cc1CNC(C)C. The maximum Gasteiger partial charge on any atom is 0.305 e. The van der Waals surface area contributed by atoms with Crippen LogP contribution in [0.5, 0.6) is 5.75 Å². The molecule has 0 unspecified atom stereocenters. The highest BCUT2D eigenvalue weighted by atomic mass is 79.9. The monoisotopic (exact) mass is 385 g/mol. The molecule has 0 aliphatic rings. The van der Waals surface area contributed by atoms with Gasteiger partial charge in [-0.2, -0.15) is 0 Å². The maximum absolute atomic E-state index is 11.2. The minimum absolute atomic E-state index is 0.108. The van der Waals surface area contributed by atoms with Gasteiger partial charge in [0.2, 0.25) is 0 Å². The van der Waals surface area contributed by atoms with Crippen molar-refractivity contribution in [3.05, 3.63) is 28.2 Å². The number of carbonyl (C=O) groups excluding carboxylic acids is 1. The Kier molecular flexibility index (Phi) is 9.96. The van der Waals surface area contributed by atoms with Gasteiger partial charge in [0.1, 0.15) is 5.75 Å². The van der Waals surface area contributed by atoms with Crippen LogP contribution in [0.2, 0.25) is 0 Å². The fraction of sp³-hybridized carbons (Fsp3) is 0.611. The third-order valence-electron chi connectivity index (χ3n) is 3.31. The largest absolute Gasteiger partial charge is 0.493 e. The molecule has 23 heavy (non-hydrogen) atoms. The number of unbranched alkanes of at least 4 members (excludes halogenated alkanes) is 2. The van der Waals surface area contributed by atoms with Crippen LogP contribution in [0.15, 0.2) is 22.7 Å². The second-order valence-corrected chi connectivity index (χ2v) is 6.67. The zero-order valence-electron chi connectivity index (χ0n) is 14.4. The Bertz CT molecular complexity index is 477. The van der Waals surface area contributed by atoms with E-state index in [2.05, 4.69) is 41.2 Å². The fourth-order valence-electron chi connectivity index (χ4n) is 2.10. The summed E-state index contributed by atoms with van der Waals surface area (Å²) < 4.78 is 11.9. The van der Waals surface area contributed by atoms with E-state index in [0.717, 1.165) is 41.6 Å². The van der Waals surface area contributed by atoms with Gasteiger partial charge < -0.3 is 14.8 Å². The second-order valence-electron chi connectivity index (χ2n) is 5.75. The van der Waals surface area contributed by atoms with Crippen LogP contribution in [0.1, 0.15) is 52.0 Å². The second kappa shape index (κ2) is 11.5. The summed E-state index contributed by atoms with van der Waals surface area (Å²) in [6.07, 6.45) is 3.25. The summed E-state index contributed by atoms with van der Waals surface area (Å²) in [6, 6.07) is 6.52. The van der Waals surface area contributed by atoms with Crippen LogP contribution < -0.4 is 10.1 Å². The van der Waals surface area contributed by atoms with E-state index >= 15 is 0 Å². The first kappa shape index (κ1) is 20.0. The molecule has 0 aliphatic carbocycles. The Morgan fingerprint density at radius 2 is 2.04 bits per heavy atom. The lowest BCUT2D eigenvalue weighted by Crippen LogP contribution is -2.22. The standard InChI is InChI=1S/C18H28BrNO3/c1-4-22-18(21)8-6-5-7-11-23-17-10-9-16(19)12-15(17)13-20-14(2)3/h9-10,12,14,20H,4-8,11,13H2,1-3H3. The Labute approximate surface area is 148 Å². The molecule has 0 heterocycles. The minimum atomic E-state index is -0.108. The molecule has 4 nitrogen and oxygen atoms in total.